The van der Waals surface area contributed by atoms with Gasteiger partial charge in [-0.2, -0.15) is 5.10 Å². The normalized spacial score (nSPS) is 13.5. The predicted octanol–water partition coefficient (Wildman–Crippen LogP) is 3.72. The average molecular weight is 366 g/mol. The summed E-state index contributed by atoms with van der Waals surface area (Å²) >= 11 is 1.26. The molecule has 0 radical (unpaired) electrons. The van der Waals surface area contributed by atoms with Gasteiger partial charge in [-0.1, -0.05) is 29.5 Å². The number of Topliss-reactive ketones (excluding diaryl/α,β-unsaturated/α-hetero) is 1. The molecule has 0 unspecified atom stereocenters. The molecule has 0 aliphatic heterocycles. The quantitative estimate of drug-likeness (QED) is 0.766. The Morgan fingerprint density at radius 3 is 2.81 bits per heavy atom. The molecular weight excluding hydrogens is 348 g/mol. The molecule has 6 nitrogen and oxygen atoms in total. The number of carbonyl (C=O) groups excluding carboxylic acids is 2. The standard InChI is InChI=1S/C19H18N4O2S/c1-11-6-3-4-8-15(11)23-12(2)13(10-20-23)18(25)22-19-21-14-7-5-9-16(24)17(14)26-19/h3-4,6,8,10H,5,7,9H2,1-2H3,(H,21,22,25). The Labute approximate surface area is 154 Å². The SMILES string of the molecule is Cc1ccccc1-n1ncc(C(=O)Nc2nc3c(s2)C(=O)CCC3)c1C. The number of nitrogens with zero attached hydrogens (tertiary/aromatic N) is 3. The van der Waals surface area contributed by atoms with E-state index in [1.165, 1.54) is 11.3 Å². The molecule has 0 fully saturated rings. The lowest BCUT2D eigenvalue weighted by molar-refractivity contribution is 0.0975. The second-order valence-electron chi connectivity index (χ2n) is 6.37. The highest BCUT2D eigenvalue weighted by Gasteiger charge is 2.24. The molecule has 0 atom stereocenters. The van der Waals surface area contributed by atoms with Gasteiger partial charge < -0.3 is 0 Å². The largest absolute Gasteiger partial charge is 0.298 e. The molecule has 7 heteroatoms. The fourth-order valence-electron chi connectivity index (χ4n) is 3.16. The first-order valence-electron chi connectivity index (χ1n) is 8.49. The molecule has 4 rings (SSSR count). The molecule has 26 heavy (non-hydrogen) atoms. The lowest BCUT2D eigenvalue weighted by Gasteiger charge is -2.08. The summed E-state index contributed by atoms with van der Waals surface area (Å²) in [6.07, 6.45) is 3.74. The van der Waals surface area contributed by atoms with Gasteiger partial charge in [0.1, 0.15) is 0 Å². The van der Waals surface area contributed by atoms with Gasteiger partial charge in [-0.05, 0) is 38.3 Å². The van der Waals surface area contributed by atoms with Crippen molar-refractivity contribution in [2.24, 2.45) is 0 Å². The fourth-order valence-corrected chi connectivity index (χ4v) is 4.14. The summed E-state index contributed by atoms with van der Waals surface area (Å²) in [5, 5.41) is 7.66. The molecule has 0 saturated heterocycles. The second-order valence-corrected chi connectivity index (χ2v) is 7.37. The molecule has 2 heterocycles. The average Bonchev–Trinajstić information content (AvgIpc) is 3.19. The molecule has 3 aromatic rings. The number of ketones is 1. The van der Waals surface area contributed by atoms with Gasteiger partial charge in [0.2, 0.25) is 0 Å². The maximum atomic E-state index is 12.7. The minimum absolute atomic E-state index is 0.118. The van der Waals surface area contributed by atoms with E-state index in [9.17, 15) is 9.59 Å². The zero-order chi connectivity index (χ0) is 18.3. The molecule has 1 amide bonds. The molecular formula is C19H18N4O2S. The maximum absolute atomic E-state index is 12.7. The third-order valence-electron chi connectivity index (χ3n) is 4.59. The Morgan fingerprint density at radius 2 is 2.04 bits per heavy atom. The van der Waals surface area contributed by atoms with Crippen LogP contribution in [0.4, 0.5) is 5.13 Å². The van der Waals surface area contributed by atoms with Crippen molar-refractivity contribution in [3.63, 3.8) is 0 Å². The number of nitrogens with one attached hydrogen (secondary N) is 1. The number of rotatable bonds is 3. The minimum atomic E-state index is -0.263. The highest BCUT2D eigenvalue weighted by Crippen LogP contribution is 2.30. The zero-order valence-electron chi connectivity index (χ0n) is 14.6. The van der Waals surface area contributed by atoms with E-state index in [2.05, 4.69) is 15.4 Å². The van der Waals surface area contributed by atoms with E-state index in [-0.39, 0.29) is 11.7 Å². The van der Waals surface area contributed by atoms with E-state index >= 15 is 0 Å². The fraction of sp³-hybridized carbons (Fsp3) is 0.263. The molecule has 0 saturated carbocycles. The highest BCUT2D eigenvalue weighted by atomic mass is 32.1. The number of amides is 1. The highest BCUT2D eigenvalue weighted by molar-refractivity contribution is 7.17. The zero-order valence-corrected chi connectivity index (χ0v) is 15.4. The number of hydrogen-bond donors (Lipinski definition) is 1. The van der Waals surface area contributed by atoms with Crippen LogP contribution in [-0.2, 0) is 6.42 Å². The van der Waals surface area contributed by atoms with Crippen molar-refractivity contribution in [1.82, 2.24) is 14.8 Å². The minimum Gasteiger partial charge on any atom is -0.298 e. The van der Waals surface area contributed by atoms with Crippen LogP contribution in [0.3, 0.4) is 0 Å². The number of benzene rings is 1. The Bertz CT molecular complexity index is 1020. The Balaban J connectivity index is 1.60. The van der Waals surface area contributed by atoms with Crippen molar-refractivity contribution < 1.29 is 9.59 Å². The summed E-state index contributed by atoms with van der Waals surface area (Å²) in [5.41, 5.74) is 4.08. The molecule has 132 valence electrons. The summed E-state index contributed by atoms with van der Waals surface area (Å²) in [6.45, 7) is 3.87. The number of aryl methyl sites for hydroxylation is 2. The number of fused-ring (bicyclic) bond motifs is 1. The first-order chi connectivity index (χ1) is 12.5. The summed E-state index contributed by atoms with van der Waals surface area (Å²) in [6, 6.07) is 7.89. The number of carbonyl (C=O) groups is 2. The van der Waals surface area contributed by atoms with E-state index in [1.54, 1.807) is 10.9 Å². The summed E-state index contributed by atoms with van der Waals surface area (Å²) in [5.74, 6) is -0.145. The van der Waals surface area contributed by atoms with E-state index < -0.39 is 0 Å². The van der Waals surface area contributed by atoms with Gasteiger partial charge in [-0.3, -0.25) is 14.9 Å². The lowest BCUT2D eigenvalue weighted by atomic mass is 10.0. The molecule has 1 aromatic carbocycles. The Morgan fingerprint density at radius 1 is 1.23 bits per heavy atom. The van der Waals surface area contributed by atoms with Crippen molar-refractivity contribution in [2.75, 3.05) is 5.32 Å². The number of aromatic nitrogens is 3. The van der Waals surface area contributed by atoms with E-state index in [4.69, 9.17) is 0 Å². The van der Waals surface area contributed by atoms with Crippen LogP contribution in [0.15, 0.2) is 30.5 Å². The van der Waals surface area contributed by atoms with Crippen LogP contribution < -0.4 is 5.32 Å². The molecule has 1 aliphatic rings. The Hall–Kier alpha value is -2.80. The van der Waals surface area contributed by atoms with Crippen molar-refractivity contribution in [3.05, 3.63) is 57.9 Å². The molecule has 1 N–H and O–H groups in total. The number of anilines is 1. The van der Waals surface area contributed by atoms with E-state index in [0.29, 0.717) is 22.0 Å². The van der Waals surface area contributed by atoms with Crippen molar-refractivity contribution in [1.29, 1.82) is 0 Å². The third-order valence-corrected chi connectivity index (χ3v) is 5.64. The van der Waals surface area contributed by atoms with Crippen LogP contribution in [0.1, 0.15) is 49.8 Å². The smallest absolute Gasteiger partial charge is 0.260 e. The maximum Gasteiger partial charge on any atom is 0.260 e. The van der Waals surface area contributed by atoms with Gasteiger partial charge in [-0.25, -0.2) is 9.67 Å². The van der Waals surface area contributed by atoms with Crippen LogP contribution in [-0.4, -0.2) is 26.5 Å². The van der Waals surface area contributed by atoms with Crippen LogP contribution in [0.25, 0.3) is 5.69 Å². The van der Waals surface area contributed by atoms with Gasteiger partial charge >= 0.3 is 0 Å². The van der Waals surface area contributed by atoms with Gasteiger partial charge in [0.15, 0.2) is 10.9 Å². The Kier molecular flexibility index (Phi) is 4.16. The van der Waals surface area contributed by atoms with Crippen LogP contribution >= 0.6 is 11.3 Å². The van der Waals surface area contributed by atoms with Crippen molar-refractivity contribution in [2.45, 2.75) is 33.1 Å². The third kappa shape index (κ3) is 2.84. The van der Waals surface area contributed by atoms with Crippen molar-refractivity contribution >= 4 is 28.2 Å². The van der Waals surface area contributed by atoms with Gasteiger partial charge in [0.05, 0.1) is 33.7 Å². The summed E-state index contributed by atoms with van der Waals surface area (Å²) in [4.78, 5) is 29.7. The predicted molar refractivity (Wildman–Crippen MR) is 100 cm³/mol. The van der Waals surface area contributed by atoms with Gasteiger partial charge in [0, 0.05) is 6.42 Å². The molecule has 0 bridgehead atoms. The number of hydrogen-bond acceptors (Lipinski definition) is 5. The number of thiazole rings is 1. The van der Waals surface area contributed by atoms with Crippen LogP contribution in [0, 0.1) is 13.8 Å². The van der Waals surface area contributed by atoms with Crippen LogP contribution in [0.2, 0.25) is 0 Å². The van der Waals surface area contributed by atoms with E-state index in [0.717, 1.165) is 35.5 Å². The van der Waals surface area contributed by atoms with Crippen LogP contribution in [0.5, 0.6) is 0 Å². The first kappa shape index (κ1) is 16.7. The second kappa shape index (κ2) is 6.49. The lowest BCUT2D eigenvalue weighted by Crippen LogP contribution is -2.13. The van der Waals surface area contributed by atoms with Gasteiger partial charge in [-0.15, -0.1) is 0 Å². The van der Waals surface area contributed by atoms with E-state index in [1.807, 2.05) is 38.1 Å². The first-order valence-corrected chi connectivity index (χ1v) is 9.31. The molecule has 0 spiro atoms. The van der Waals surface area contributed by atoms with Gasteiger partial charge in [0.25, 0.3) is 5.91 Å². The topological polar surface area (TPSA) is 76.9 Å². The summed E-state index contributed by atoms with van der Waals surface area (Å²) in [7, 11) is 0. The molecule has 1 aliphatic carbocycles. The summed E-state index contributed by atoms with van der Waals surface area (Å²) < 4.78 is 1.76. The van der Waals surface area contributed by atoms with Crippen molar-refractivity contribution in [3.8, 4) is 5.69 Å². The molecule has 2 aromatic heterocycles. The monoisotopic (exact) mass is 366 g/mol. The number of para-hydroxylation sites is 1.